The SMILES string of the molecule is CC1CC(=O)Nc2cc(S(=O)(=O)N3CCN(c4ccc([N+](=O)[O-])cc4)CC3)ccc2S1. The third-order valence-corrected chi connectivity index (χ3v) is 8.40. The number of anilines is 2. The number of carbonyl (C=O) groups excluding carboxylic acids is 1. The summed E-state index contributed by atoms with van der Waals surface area (Å²) in [6.45, 7) is 3.52. The average Bonchev–Trinajstić information content (AvgIpc) is 2.89. The van der Waals surface area contributed by atoms with E-state index >= 15 is 0 Å². The van der Waals surface area contributed by atoms with E-state index in [9.17, 15) is 23.3 Å². The zero-order valence-electron chi connectivity index (χ0n) is 16.9. The number of nitro benzene ring substituents is 1. The largest absolute Gasteiger partial charge is 0.369 e. The molecule has 2 aliphatic heterocycles. The van der Waals surface area contributed by atoms with Crippen LogP contribution in [0.1, 0.15) is 13.3 Å². The molecule has 11 heteroatoms. The first-order chi connectivity index (χ1) is 14.7. The molecule has 0 spiro atoms. The number of rotatable bonds is 4. The van der Waals surface area contributed by atoms with Crippen LogP contribution in [0.4, 0.5) is 17.1 Å². The van der Waals surface area contributed by atoms with Crippen LogP contribution in [0.2, 0.25) is 0 Å². The summed E-state index contributed by atoms with van der Waals surface area (Å²) in [5.74, 6) is -0.120. The molecule has 1 N–H and O–H groups in total. The molecule has 1 unspecified atom stereocenters. The van der Waals surface area contributed by atoms with Crippen molar-refractivity contribution in [2.24, 2.45) is 0 Å². The summed E-state index contributed by atoms with van der Waals surface area (Å²) in [6.07, 6.45) is 0.381. The van der Waals surface area contributed by atoms with E-state index < -0.39 is 14.9 Å². The number of nitro groups is 1. The van der Waals surface area contributed by atoms with Crippen LogP contribution in [0.25, 0.3) is 0 Å². The molecule has 9 nitrogen and oxygen atoms in total. The third kappa shape index (κ3) is 4.53. The van der Waals surface area contributed by atoms with Crippen LogP contribution < -0.4 is 10.2 Å². The highest BCUT2D eigenvalue weighted by Gasteiger charge is 2.30. The maximum Gasteiger partial charge on any atom is 0.269 e. The molecular weight excluding hydrogens is 440 g/mol. The van der Waals surface area contributed by atoms with Gasteiger partial charge in [-0.05, 0) is 30.3 Å². The number of non-ortho nitro benzene ring substituents is 1. The van der Waals surface area contributed by atoms with E-state index in [2.05, 4.69) is 5.32 Å². The fourth-order valence-electron chi connectivity index (χ4n) is 3.71. The molecule has 2 aromatic carbocycles. The Labute approximate surface area is 184 Å². The van der Waals surface area contributed by atoms with Crippen LogP contribution in [0.5, 0.6) is 0 Å². The summed E-state index contributed by atoms with van der Waals surface area (Å²) < 4.78 is 27.8. The minimum absolute atomic E-state index is 0.0211. The van der Waals surface area contributed by atoms with Gasteiger partial charge in [0.25, 0.3) is 5.69 Å². The molecule has 1 amide bonds. The minimum atomic E-state index is -3.71. The molecule has 0 saturated carbocycles. The van der Waals surface area contributed by atoms with Gasteiger partial charge in [0.2, 0.25) is 15.9 Å². The molecule has 1 atom stereocenters. The zero-order chi connectivity index (χ0) is 22.2. The first-order valence-electron chi connectivity index (χ1n) is 9.84. The number of hydrogen-bond donors (Lipinski definition) is 1. The first kappa shape index (κ1) is 21.6. The van der Waals surface area contributed by atoms with Gasteiger partial charge in [-0.25, -0.2) is 8.42 Å². The second kappa shape index (κ2) is 8.48. The summed E-state index contributed by atoms with van der Waals surface area (Å²) in [5.41, 5.74) is 1.37. The lowest BCUT2D eigenvalue weighted by molar-refractivity contribution is -0.384. The molecule has 31 heavy (non-hydrogen) atoms. The molecule has 1 fully saturated rings. The standard InChI is InChI=1S/C20H22N4O5S2/c1-14-12-20(25)21-18-13-17(6-7-19(18)30-14)31(28,29)23-10-8-22(9-11-23)15-2-4-16(5-3-15)24(26)27/h2-7,13-14H,8-12H2,1H3,(H,21,25). The van der Waals surface area contributed by atoms with E-state index in [0.29, 0.717) is 38.3 Å². The van der Waals surface area contributed by atoms with E-state index in [1.54, 1.807) is 36.0 Å². The van der Waals surface area contributed by atoms with E-state index in [1.807, 2.05) is 11.8 Å². The van der Waals surface area contributed by atoms with Crippen molar-refractivity contribution < 1.29 is 18.1 Å². The maximum absolute atomic E-state index is 13.2. The molecule has 2 aliphatic rings. The second-order valence-electron chi connectivity index (χ2n) is 7.50. The van der Waals surface area contributed by atoms with Crippen molar-refractivity contribution in [1.29, 1.82) is 0 Å². The van der Waals surface area contributed by atoms with Crippen molar-refractivity contribution >= 4 is 44.8 Å². The predicted molar refractivity (Wildman–Crippen MR) is 119 cm³/mol. The van der Waals surface area contributed by atoms with Gasteiger partial charge >= 0.3 is 0 Å². The number of piperazine rings is 1. The zero-order valence-corrected chi connectivity index (χ0v) is 18.5. The summed E-state index contributed by atoms with van der Waals surface area (Å²) in [7, 11) is -3.71. The Balaban J connectivity index is 1.48. The van der Waals surface area contributed by atoms with Gasteiger partial charge in [0.1, 0.15) is 0 Å². The number of carbonyl (C=O) groups is 1. The van der Waals surface area contributed by atoms with Crippen molar-refractivity contribution in [3.8, 4) is 0 Å². The number of benzene rings is 2. The monoisotopic (exact) mass is 462 g/mol. The molecule has 1 saturated heterocycles. The molecule has 0 aromatic heterocycles. The summed E-state index contributed by atoms with van der Waals surface area (Å²) in [4.78, 5) is 25.4. The first-order valence-corrected chi connectivity index (χ1v) is 12.2. The van der Waals surface area contributed by atoms with Crippen molar-refractivity contribution in [2.75, 3.05) is 36.4 Å². The minimum Gasteiger partial charge on any atom is -0.369 e. The Morgan fingerprint density at radius 3 is 2.42 bits per heavy atom. The number of nitrogens with one attached hydrogen (secondary N) is 1. The van der Waals surface area contributed by atoms with Gasteiger partial charge in [0, 0.05) is 60.6 Å². The topological polar surface area (TPSA) is 113 Å². The maximum atomic E-state index is 13.2. The number of thioether (sulfide) groups is 1. The molecule has 0 radical (unpaired) electrons. The smallest absolute Gasteiger partial charge is 0.269 e. The highest BCUT2D eigenvalue weighted by molar-refractivity contribution is 8.00. The van der Waals surface area contributed by atoms with E-state index in [-0.39, 0.29) is 21.7 Å². The Hall–Kier alpha value is -2.63. The van der Waals surface area contributed by atoms with Crippen LogP contribution >= 0.6 is 11.8 Å². The Morgan fingerprint density at radius 1 is 1.10 bits per heavy atom. The predicted octanol–water partition coefficient (Wildman–Crippen LogP) is 2.93. The molecular formula is C20H22N4O5S2. The van der Waals surface area contributed by atoms with E-state index in [1.165, 1.54) is 22.5 Å². The number of nitrogens with zero attached hydrogens (tertiary/aromatic N) is 3. The molecule has 164 valence electrons. The van der Waals surface area contributed by atoms with Crippen molar-refractivity contribution in [2.45, 2.75) is 28.4 Å². The molecule has 0 bridgehead atoms. The van der Waals surface area contributed by atoms with Gasteiger partial charge in [-0.1, -0.05) is 6.92 Å². The lowest BCUT2D eigenvalue weighted by Crippen LogP contribution is -2.48. The quantitative estimate of drug-likeness (QED) is 0.549. The number of sulfonamides is 1. The molecule has 2 aromatic rings. The van der Waals surface area contributed by atoms with Crippen LogP contribution in [0, 0.1) is 10.1 Å². The van der Waals surface area contributed by atoms with Gasteiger partial charge in [-0.15, -0.1) is 11.8 Å². The lowest BCUT2D eigenvalue weighted by atomic mass is 10.2. The number of fused-ring (bicyclic) bond motifs is 1. The highest BCUT2D eigenvalue weighted by atomic mass is 32.2. The second-order valence-corrected chi connectivity index (χ2v) is 10.9. The van der Waals surface area contributed by atoms with Crippen LogP contribution in [-0.4, -0.2) is 55.0 Å². The van der Waals surface area contributed by atoms with Gasteiger partial charge in [-0.3, -0.25) is 14.9 Å². The number of hydrogen-bond acceptors (Lipinski definition) is 7. The van der Waals surface area contributed by atoms with Crippen molar-refractivity contribution in [3.05, 3.63) is 52.6 Å². The summed E-state index contributed by atoms with van der Waals surface area (Å²) >= 11 is 1.55. The molecule has 2 heterocycles. The van der Waals surface area contributed by atoms with Crippen molar-refractivity contribution in [1.82, 2.24) is 4.31 Å². The Morgan fingerprint density at radius 2 is 1.77 bits per heavy atom. The Kier molecular flexibility index (Phi) is 5.91. The Bertz CT molecular complexity index is 1110. The number of amides is 1. The fraction of sp³-hybridized carbons (Fsp3) is 0.350. The van der Waals surface area contributed by atoms with Gasteiger partial charge in [0.05, 0.1) is 15.5 Å². The van der Waals surface area contributed by atoms with Crippen molar-refractivity contribution in [3.63, 3.8) is 0 Å². The third-order valence-electron chi connectivity index (χ3n) is 5.33. The molecule has 4 rings (SSSR count). The average molecular weight is 463 g/mol. The van der Waals surface area contributed by atoms with Crippen LogP contribution in [0.15, 0.2) is 52.3 Å². The summed E-state index contributed by atoms with van der Waals surface area (Å²) in [6, 6.07) is 11.1. The summed E-state index contributed by atoms with van der Waals surface area (Å²) in [5, 5.41) is 13.7. The lowest BCUT2D eigenvalue weighted by Gasteiger charge is -2.35. The van der Waals surface area contributed by atoms with Gasteiger partial charge < -0.3 is 10.2 Å². The van der Waals surface area contributed by atoms with E-state index in [4.69, 9.17) is 0 Å². The normalized spacial score (nSPS) is 20.0. The highest BCUT2D eigenvalue weighted by Crippen LogP contribution is 2.37. The van der Waals surface area contributed by atoms with E-state index in [0.717, 1.165) is 10.6 Å². The van der Waals surface area contributed by atoms with Crippen LogP contribution in [0.3, 0.4) is 0 Å². The van der Waals surface area contributed by atoms with Gasteiger partial charge in [0.15, 0.2) is 0 Å². The fourth-order valence-corrected chi connectivity index (χ4v) is 6.21. The van der Waals surface area contributed by atoms with Gasteiger partial charge in [-0.2, -0.15) is 4.31 Å². The molecule has 0 aliphatic carbocycles. The van der Waals surface area contributed by atoms with Crippen LogP contribution in [-0.2, 0) is 14.8 Å².